The van der Waals surface area contributed by atoms with Gasteiger partial charge in [0.15, 0.2) is 0 Å². The quantitative estimate of drug-likeness (QED) is 0.548. The van der Waals surface area contributed by atoms with Crippen molar-refractivity contribution in [2.45, 2.75) is 39.7 Å². The molecule has 3 aromatic rings. The molecule has 1 amide bonds. The number of sulfonamides is 1. The van der Waals surface area contributed by atoms with Gasteiger partial charge in [-0.05, 0) is 85.3 Å². The Kier molecular flexibility index (Phi) is 7.30. The number of aryl methyl sites for hydroxylation is 2. The monoisotopic (exact) mass is 451 g/mol. The summed E-state index contributed by atoms with van der Waals surface area (Å²) >= 11 is 0. The molecule has 0 saturated carbocycles. The highest BCUT2D eigenvalue weighted by Gasteiger charge is 2.31. The molecule has 6 nitrogen and oxygen atoms in total. The van der Waals surface area contributed by atoms with Crippen molar-refractivity contribution in [3.63, 3.8) is 0 Å². The summed E-state index contributed by atoms with van der Waals surface area (Å²) in [5, 5.41) is 2.88. The molecule has 1 unspecified atom stereocenters. The summed E-state index contributed by atoms with van der Waals surface area (Å²) in [4.78, 5) is 17.1. The van der Waals surface area contributed by atoms with E-state index in [4.69, 9.17) is 0 Å². The molecule has 3 rings (SSSR count). The van der Waals surface area contributed by atoms with Crippen LogP contribution in [0.4, 0.5) is 11.4 Å². The van der Waals surface area contributed by atoms with Crippen LogP contribution in [0.25, 0.3) is 0 Å². The third-order valence-corrected chi connectivity index (χ3v) is 6.63. The Morgan fingerprint density at radius 2 is 1.59 bits per heavy atom. The third kappa shape index (κ3) is 5.73. The van der Waals surface area contributed by atoms with Crippen molar-refractivity contribution >= 4 is 27.3 Å². The van der Waals surface area contributed by atoms with Crippen LogP contribution < -0.4 is 9.62 Å². The van der Waals surface area contributed by atoms with Gasteiger partial charge < -0.3 is 5.32 Å². The molecular formula is C25H29N3O3S. The van der Waals surface area contributed by atoms with E-state index in [2.05, 4.69) is 10.3 Å². The van der Waals surface area contributed by atoms with Gasteiger partial charge in [0.05, 0.1) is 11.9 Å². The molecule has 7 heteroatoms. The summed E-state index contributed by atoms with van der Waals surface area (Å²) in [5.74, 6) is -0.363. The maximum atomic E-state index is 13.1. The molecule has 0 radical (unpaired) electrons. The zero-order valence-corrected chi connectivity index (χ0v) is 19.7. The highest BCUT2D eigenvalue weighted by molar-refractivity contribution is 7.92. The predicted molar refractivity (Wildman–Crippen MR) is 129 cm³/mol. The summed E-state index contributed by atoms with van der Waals surface area (Å²) in [7, 11) is -3.67. The average Bonchev–Trinajstić information content (AvgIpc) is 2.75. The SMILES string of the molecule is CCC(C(=O)Nc1ccc(Cc2ccncc2)cc1)N(c1ccc(C)c(C)c1)S(C)(=O)=O. The van der Waals surface area contributed by atoms with E-state index in [1.807, 2.05) is 56.3 Å². The molecule has 168 valence electrons. The summed E-state index contributed by atoms with van der Waals surface area (Å²) in [6.45, 7) is 5.70. The number of carbonyl (C=O) groups is 1. The molecule has 0 aliphatic heterocycles. The number of amides is 1. The maximum Gasteiger partial charge on any atom is 0.248 e. The number of hydrogen-bond acceptors (Lipinski definition) is 4. The standard InChI is InChI=1S/C25H29N3O3S/c1-5-24(28(32(4,30)31)23-11-6-18(2)19(3)16-23)25(29)27-22-9-7-20(8-10-22)17-21-12-14-26-15-13-21/h6-16,24H,5,17H2,1-4H3,(H,27,29). The summed E-state index contributed by atoms with van der Waals surface area (Å²) in [5.41, 5.74) is 5.41. The lowest BCUT2D eigenvalue weighted by atomic mass is 10.1. The number of anilines is 2. The first-order valence-corrected chi connectivity index (χ1v) is 12.4. The number of aromatic nitrogens is 1. The van der Waals surface area contributed by atoms with Crippen molar-refractivity contribution in [3.8, 4) is 0 Å². The number of rotatable bonds is 8. The average molecular weight is 452 g/mol. The number of benzene rings is 2. The Morgan fingerprint density at radius 1 is 0.969 bits per heavy atom. The van der Waals surface area contributed by atoms with E-state index in [0.29, 0.717) is 17.8 Å². The van der Waals surface area contributed by atoms with Gasteiger partial charge in [-0.2, -0.15) is 0 Å². The maximum absolute atomic E-state index is 13.1. The number of carbonyl (C=O) groups excluding carboxylic acids is 1. The largest absolute Gasteiger partial charge is 0.324 e. The van der Waals surface area contributed by atoms with Crippen molar-refractivity contribution in [2.75, 3.05) is 15.9 Å². The number of pyridine rings is 1. The van der Waals surface area contributed by atoms with Crippen molar-refractivity contribution in [3.05, 3.63) is 89.2 Å². The minimum Gasteiger partial charge on any atom is -0.324 e. The van der Waals surface area contributed by atoms with Gasteiger partial charge in [0, 0.05) is 18.1 Å². The van der Waals surface area contributed by atoms with E-state index < -0.39 is 16.1 Å². The zero-order chi connectivity index (χ0) is 23.3. The lowest BCUT2D eigenvalue weighted by molar-refractivity contribution is -0.117. The molecular weight excluding hydrogens is 422 g/mol. The van der Waals surface area contributed by atoms with Crippen LogP contribution in [0, 0.1) is 13.8 Å². The van der Waals surface area contributed by atoms with Crippen LogP contribution in [-0.2, 0) is 21.2 Å². The fourth-order valence-electron chi connectivity index (χ4n) is 3.59. The van der Waals surface area contributed by atoms with E-state index >= 15 is 0 Å². The third-order valence-electron chi connectivity index (χ3n) is 5.45. The van der Waals surface area contributed by atoms with E-state index in [-0.39, 0.29) is 5.91 Å². The minimum absolute atomic E-state index is 0.339. The Bertz CT molecular complexity index is 1180. The molecule has 0 fully saturated rings. The van der Waals surface area contributed by atoms with Gasteiger partial charge in [0.25, 0.3) is 0 Å². The molecule has 2 aromatic carbocycles. The zero-order valence-electron chi connectivity index (χ0n) is 18.9. The molecule has 1 aromatic heterocycles. The first-order chi connectivity index (χ1) is 15.2. The fraction of sp³-hybridized carbons (Fsp3) is 0.280. The molecule has 32 heavy (non-hydrogen) atoms. The van der Waals surface area contributed by atoms with Crippen molar-refractivity contribution in [1.82, 2.24) is 4.98 Å². The Balaban J connectivity index is 1.79. The molecule has 0 aliphatic carbocycles. The molecule has 0 spiro atoms. The normalized spacial score (nSPS) is 12.2. The van der Waals surface area contributed by atoms with Crippen molar-refractivity contribution in [2.24, 2.45) is 0 Å². The Morgan fingerprint density at radius 3 is 2.16 bits per heavy atom. The van der Waals surface area contributed by atoms with E-state index in [0.717, 1.165) is 34.9 Å². The molecule has 1 atom stereocenters. The first-order valence-electron chi connectivity index (χ1n) is 10.5. The van der Waals surface area contributed by atoms with Crippen LogP contribution in [0.1, 0.15) is 35.6 Å². The number of nitrogens with zero attached hydrogens (tertiary/aromatic N) is 2. The second kappa shape index (κ2) is 9.96. The summed E-state index contributed by atoms with van der Waals surface area (Å²) < 4.78 is 26.5. The van der Waals surface area contributed by atoms with E-state index in [1.54, 1.807) is 31.5 Å². The minimum atomic E-state index is -3.67. The van der Waals surface area contributed by atoms with Crippen LogP contribution in [0.3, 0.4) is 0 Å². The van der Waals surface area contributed by atoms with Gasteiger partial charge in [-0.25, -0.2) is 8.42 Å². The van der Waals surface area contributed by atoms with Gasteiger partial charge >= 0.3 is 0 Å². The van der Waals surface area contributed by atoms with Gasteiger partial charge in [-0.1, -0.05) is 25.1 Å². The molecule has 0 bridgehead atoms. The fourth-order valence-corrected chi connectivity index (χ4v) is 4.79. The van der Waals surface area contributed by atoms with Gasteiger partial charge in [-0.15, -0.1) is 0 Å². The summed E-state index contributed by atoms with van der Waals surface area (Å²) in [6, 6.07) is 16.1. The Hall–Kier alpha value is -3.19. The molecule has 1 N–H and O–H groups in total. The smallest absolute Gasteiger partial charge is 0.248 e. The Labute approximate surface area is 190 Å². The molecule has 0 aliphatic rings. The molecule has 1 heterocycles. The highest BCUT2D eigenvalue weighted by Crippen LogP contribution is 2.26. The van der Waals surface area contributed by atoms with Gasteiger partial charge in [0.2, 0.25) is 15.9 Å². The van der Waals surface area contributed by atoms with Gasteiger partial charge in [-0.3, -0.25) is 14.1 Å². The van der Waals surface area contributed by atoms with Crippen LogP contribution in [0.2, 0.25) is 0 Å². The highest BCUT2D eigenvalue weighted by atomic mass is 32.2. The predicted octanol–water partition coefficient (Wildman–Crippen LogP) is 4.47. The second-order valence-electron chi connectivity index (χ2n) is 7.97. The van der Waals surface area contributed by atoms with Crippen molar-refractivity contribution < 1.29 is 13.2 Å². The first kappa shape index (κ1) is 23.5. The lowest BCUT2D eigenvalue weighted by Crippen LogP contribution is -2.47. The van der Waals surface area contributed by atoms with Crippen molar-refractivity contribution in [1.29, 1.82) is 0 Å². The molecule has 0 saturated heterocycles. The van der Waals surface area contributed by atoms with E-state index in [1.165, 1.54) is 4.31 Å². The van der Waals surface area contributed by atoms with Crippen LogP contribution in [-0.4, -0.2) is 31.6 Å². The summed E-state index contributed by atoms with van der Waals surface area (Å²) in [6.07, 6.45) is 5.76. The van der Waals surface area contributed by atoms with Crippen LogP contribution in [0.5, 0.6) is 0 Å². The second-order valence-corrected chi connectivity index (χ2v) is 9.83. The van der Waals surface area contributed by atoms with Crippen LogP contribution in [0.15, 0.2) is 67.0 Å². The van der Waals surface area contributed by atoms with Gasteiger partial charge in [0.1, 0.15) is 6.04 Å². The lowest BCUT2D eigenvalue weighted by Gasteiger charge is -2.30. The number of nitrogens with one attached hydrogen (secondary N) is 1. The number of hydrogen-bond donors (Lipinski definition) is 1. The van der Waals surface area contributed by atoms with Crippen LogP contribution >= 0.6 is 0 Å². The van der Waals surface area contributed by atoms with E-state index in [9.17, 15) is 13.2 Å². The topological polar surface area (TPSA) is 79.4 Å².